The van der Waals surface area contributed by atoms with Gasteiger partial charge in [-0.15, -0.1) is 0 Å². The molecule has 17 heavy (non-hydrogen) atoms. The maximum atomic E-state index is 11.7. The smallest absolute Gasteiger partial charge is 0.229 e. The van der Waals surface area contributed by atoms with Crippen molar-refractivity contribution < 1.29 is 16.8 Å². The van der Waals surface area contributed by atoms with Gasteiger partial charge in [0.15, 0.2) is 9.84 Å². The van der Waals surface area contributed by atoms with E-state index in [2.05, 4.69) is 4.72 Å². The van der Waals surface area contributed by atoms with Crippen LogP contribution < -0.4 is 4.72 Å². The van der Waals surface area contributed by atoms with Crippen molar-refractivity contribution in [3.8, 4) is 0 Å². The van der Waals surface area contributed by atoms with Gasteiger partial charge in [0.25, 0.3) is 0 Å². The van der Waals surface area contributed by atoms with Gasteiger partial charge in [-0.25, -0.2) is 16.8 Å². The Hall–Kier alpha value is -1.08. The van der Waals surface area contributed by atoms with E-state index in [1.54, 1.807) is 6.07 Å². The van der Waals surface area contributed by atoms with Crippen LogP contribution in [0.15, 0.2) is 23.1 Å². The van der Waals surface area contributed by atoms with E-state index in [4.69, 9.17) is 0 Å². The second-order valence-corrected chi connectivity index (χ2v) is 7.95. The van der Waals surface area contributed by atoms with Crippen LogP contribution in [0.5, 0.6) is 0 Å². The predicted molar refractivity (Wildman–Crippen MR) is 65.3 cm³/mol. The Morgan fingerprint density at radius 2 is 2.00 bits per heavy atom. The van der Waals surface area contributed by atoms with Crippen molar-refractivity contribution in [1.82, 2.24) is 0 Å². The van der Waals surface area contributed by atoms with E-state index in [0.717, 1.165) is 6.26 Å². The highest BCUT2D eigenvalue weighted by molar-refractivity contribution is 7.92. The van der Waals surface area contributed by atoms with Crippen LogP contribution in [-0.2, 0) is 26.3 Å². The van der Waals surface area contributed by atoms with Gasteiger partial charge in [-0.3, -0.25) is 4.72 Å². The molecule has 5 nitrogen and oxygen atoms in total. The number of rotatable bonds is 2. The van der Waals surface area contributed by atoms with E-state index in [-0.39, 0.29) is 5.75 Å². The lowest BCUT2D eigenvalue weighted by atomic mass is 10.1. The van der Waals surface area contributed by atoms with Gasteiger partial charge in [-0.05, 0) is 36.6 Å². The normalized spacial score (nSPS) is 18.4. The fourth-order valence-corrected chi connectivity index (χ4v) is 4.05. The number of hydrogen-bond donors (Lipinski definition) is 1. The standard InChI is InChI=1S/C10H13NO4S2/c1-16(12,13)11-9-4-5-10-8(7-9)3-2-6-17(10,14)15/h4-5,7,11H,2-3,6H2,1H3. The van der Waals surface area contributed by atoms with Crippen LogP contribution >= 0.6 is 0 Å². The Morgan fingerprint density at radius 3 is 2.65 bits per heavy atom. The summed E-state index contributed by atoms with van der Waals surface area (Å²) in [5, 5.41) is 0. The summed E-state index contributed by atoms with van der Waals surface area (Å²) in [6.07, 6.45) is 2.30. The van der Waals surface area contributed by atoms with E-state index in [1.165, 1.54) is 12.1 Å². The SMILES string of the molecule is CS(=O)(=O)Nc1ccc2c(c1)CCCS2(=O)=O. The van der Waals surface area contributed by atoms with Crippen molar-refractivity contribution in [2.45, 2.75) is 17.7 Å². The lowest BCUT2D eigenvalue weighted by molar-refractivity contribution is 0.586. The number of aryl methyl sites for hydroxylation is 1. The molecule has 0 saturated heterocycles. The molecule has 1 aromatic rings. The number of benzene rings is 1. The number of fused-ring (bicyclic) bond motifs is 1. The Balaban J connectivity index is 2.45. The average Bonchev–Trinajstić information content (AvgIpc) is 2.13. The van der Waals surface area contributed by atoms with Crippen LogP contribution in [0.4, 0.5) is 5.69 Å². The van der Waals surface area contributed by atoms with Crippen LogP contribution in [0.25, 0.3) is 0 Å². The maximum absolute atomic E-state index is 11.7. The monoisotopic (exact) mass is 275 g/mol. The molecule has 0 bridgehead atoms. The summed E-state index contributed by atoms with van der Waals surface area (Å²) in [4.78, 5) is 0.322. The fourth-order valence-electron chi connectivity index (χ4n) is 1.92. The third kappa shape index (κ3) is 2.78. The molecule has 2 rings (SSSR count). The van der Waals surface area contributed by atoms with E-state index in [9.17, 15) is 16.8 Å². The molecule has 0 fully saturated rings. The minimum atomic E-state index is -3.33. The first-order valence-electron chi connectivity index (χ1n) is 5.11. The van der Waals surface area contributed by atoms with Gasteiger partial charge in [0.1, 0.15) is 0 Å². The zero-order valence-electron chi connectivity index (χ0n) is 9.30. The third-order valence-electron chi connectivity index (χ3n) is 2.56. The zero-order valence-corrected chi connectivity index (χ0v) is 10.9. The molecule has 0 unspecified atom stereocenters. The number of anilines is 1. The predicted octanol–water partition coefficient (Wildman–Crippen LogP) is 0.778. The van der Waals surface area contributed by atoms with Crippen molar-refractivity contribution in [2.24, 2.45) is 0 Å². The molecular formula is C10H13NO4S2. The van der Waals surface area contributed by atoms with Gasteiger partial charge in [-0.1, -0.05) is 0 Å². The average molecular weight is 275 g/mol. The highest BCUT2D eigenvalue weighted by Gasteiger charge is 2.23. The Morgan fingerprint density at radius 1 is 1.29 bits per heavy atom. The zero-order chi connectivity index (χ0) is 12.7. The van der Waals surface area contributed by atoms with Gasteiger partial charge in [-0.2, -0.15) is 0 Å². The molecule has 1 N–H and O–H groups in total. The molecule has 0 aromatic heterocycles. The molecule has 0 amide bonds. The topological polar surface area (TPSA) is 80.3 Å². The Kier molecular flexibility index (Phi) is 2.90. The first kappa shape index (κ1) is 12.4. The van der Waals surface area contributed by atoms with Gasteiger partial charge < -0.3 is 0 Å². The second kappa shape index (κ2) is 3.99. The van der Waals surface area contributed by atoms with Crippen LogP contribution in [-0.4, -0.2) is 28.8 Å². The van der Waals surface area contributed by atoms with Gasteiger partial charge in [0.05, 0.1) is 16.9 Å². The lowest BCUT2D eigenvalue weighted by Gasteiger charge is -2.17. The van der Waals surface area contributed by atoms with Crippen molar-refractivity contribution in [2.75, 3.05) is 16.7 Å². The van der Waals surface area contributed by atoms with Crippen LogP contribution in [0.1, 0.15) is 12.0 Å². The van der Waals surface area contributed by atoms with Gasteiger partial charge >= 0.3 is 0 Å². The molecule has 1 aromatic carbocycles. The molecule has 7 heteroatoms. The number of sulfonamides is 1. The molecule has 1 heterocycles. The molecule has 1 aliphatic rings. The second-order valence-electron chi connectivity index (χ2n) is 4.12. The summed E-state index contributed by atoms with van der Waals surface area (Å²) < 4.78 is 47.9. The van der Waals surface area contributed by atoms with Crippen molar-refractivity contribution in [3.05, 3.63) is 23.8 Å². The van der Waals surface area contributed by atoms with Gasteiger partial charge in [0, 0.05) is 5.69 Å². The van der Waals surface area contributed by atoms with Crippen LogP contribution in [0.2, 0.25) is 0 Å². The van der Waals surface area contributed by atoms with E-state index in [1.807, 2.05) is 0 Å². The van der Waals surface area contributed by atoms with E-state index < -0.39 is 19.9 Å². The minimum Gasteiger partial charge on any atom is -0.284 e. The molecular weight excluding hydrogens is 262 g/mol. The van der Waals surface area contributed by atoms with Crippen molar-refractivity contribution in [1.29, 1.82) is 0 Å². The molecule has 0 aliphatic carbocycles. The van der Waals surface area contributed by atoms with Crippen LogP contribution in [0.3, 0.4) is 0 Å². The summed E-state index contributed by atoms with van der Waals surface area (Å²) in [6, 6.07) is 4.53. The molecule has 1 aliphatic heterocycles. The fraction of sp³-hybridized carbons (Fsp3) is 0.400. The highest BCUT2D eigenvalue weighted by atomic mass is 32.2. The molecule has 0 radical (unpaired) electrons. The minimum absolute atomic E-state index is 0.166. The number of sulfone groups is 1. The van der Waals surface area contributed by atoms with Crippen molar-refractivity contribution in [3.63, 3.8) is 0 Å². The van der Waals surface area contributed by atoms with Crippen LogP contribution in [0, 0.1) is 0 Å². The summed E-state index contributed by atoms with van der Waals surface area (Å²) >= 11 is 0. The van der Waals surface area contributed by atoms with Crippen molar-refractivity contribution >= 4 is 25.5 Å². The molecule has 0 spiro atoms. The highest BCUT2D eigenvalue weighted by Crippen LogP contribution is 2.27. The summed E-state index contributed by atoms with van der Waals surface area (Å²) in [5.74, 6) is 0.166. The quantitative estimate of drug-likeness (QED) is 0.865. The third-order valence-corrected chi connectivity index (χ3v) is 5.06. The molecule has 94 valence electrons. The largest absolute Gasteiger partial charge is 0.284 e. The first-order chi connectivity index (χ1) is 7.78. The number of nitrogens with one attached hydrogen (secondary N) is 1. The number of hydrogen-bond acceptors (Lipinski definition) is 4. The Labute approximate surface area is 101 Å². The molecule has 0 saturated carbocycles. The summed E-state index contributed by atoms with van der Waals surface area (Å²) in [6.45, 7) is 0. The summed E-state index contributed by atoms with van der Waals surface area (Å²) in [5.41, 5.74) is 1.09. The maximum Gasteiger partial charge on any atom is 0.229 e. The van der Waals surface area contributed by atoms with Gasteiger partial charge in [0.2, 0.25) is 10.0 Å². The molecule has 0 atom stereocenters. The first-order valence-corrected chi connectivity index (χ1v) is 8.66. The summed E-state index contributed by atoms with van der Waals surface area (Å²) in [7, 11) is -6.51. The van der Waals surface area contributed by atoms with E-state index >= 15 is 0 Å². The Bertz CT molecular complexity index is 647. The van der Waals surface area contributed by atoms with E-state index in [0.29, 0.717) is 29.0 Å². The lowest BCUT2D eigenvalue weighted by Crippen LogP contribution is -2.17.